The Bertz CT molecular complexity index is 537. The average Bonchev–Trinajstić information content (AvgIpc) is 2.26. The summed E-state index contributed by atoms with van der Waals surface area (Å²) < 4.78 is 0. The number of nitrogens with one attached hydrogen (secondary N) is 1. The Morgan fingerprint density at radius 1 is 1.13 bits per heavy atom. The molecule has 0 aliphatic rings. The van der Waals surface area contributed by atoms with Crippen molar-refractivity contribution in [3.8, 4) is 11.1 Å². The van der Waals surface area contributed by atoms with E-state index in [-0.39, 0.29) is 15.7 Å². The van der Waals surface area contributed by atoms with Crippen molar-refractivity contribution >= 4 is 23.2 Å². The molecule has 1 N–H and O–H groups in total. The van der Waals surface area contributed by atoms with Crippen LogP contribution in [-0.2, 0) is 0 Å². The third kappa shape index (κ3) is 1.89. The summed E-state index contributed by atoms with van der Waals surface area (Å²) in [6.07, 6.45) is 0. The predicted molar refractivity (Wildman–Crippen MR) is 60.3 cm³/mol. The van der Waals surface area contributed by atoms with Gasteiger partial charge in [0.05, 0.1) is 10.6 Å². The number of rotatable bonds is 1. The van der Waals surface area contributed by atoms with Gasteiger partial charge in [0, 0.05) is 0 Å². The molecule has 0 bridgehead atoms. The number of aromatic nitrogens is 2. The maximum Gasteiger partial charge on any atom is 0.273 e. The molecule has 15 heavy (non-hydrogen) atoms. The third-order valence-corrected chi connectivity index (χ3v) is 2.68. The Balaban J connectivity index is 2.73. The monoisotopic (exact) mass is 240 g/mol. The molecule has 1 aromatic heterocycles. The fraction of sp³-hybridized carbons (Fsp3) is 0. The zero-order chi connectivity index (χ0) is 10.8. The van der Waals surface area contributed by atoms with Gasteiger partial charge in [-0.15, -0.1) is 0 Å². The largest absolute Gasteiger partial charge is 0.273 e. The van der Waals surface area contributed by atoms with E-state index in [2.05, 4.69) is 10.2 Å². The summed E-state index contributed by atoms with van der Waals surface area (Å²) in [6, 6.07) is 9.06. The van der Waals surface area contributed by atoms with Gasteiger partial charge in [-0.1, -0.05) is 53.5 Å². The fourth-order valence-electron chi connectivity index (χ4n) is 1.27. The first kappa shape index (κ1) is 10.2. The van der Waals surface area contributed by atoms with E-state index < -0.39 is 0 Å². The summed E-state index contributed by atoms with van der Waals surface area (Å²) in [5.74, 6) is 0. The molecule has 0 saturated carbocycles. The van der Waals surface area contributed by atoms with Crippen LogP contribution in [0, 0.1) is 0 Å². The Morgan fingerprint density at radius 3 is 2.47 bits per heavy atom. The van der Waals surface area contributed by atoms with Crippen LogP contribution in [-0.4, -0.2) is 10.2 Å². The number of benzene rings is 1. The third-order valence-electron chi connectivity index (χ3n) is 1.95. The molecule has 2 aromatic rings. The molecule has 76 valence electrons. The Kier molecular flexibility index (Phi) is 2.75. The lowest BCUT2D eigenvalue weighted by atomic mass is 10.1. The van der Waals surface area contributed by atoms with E-state index in [1.807, 2.05) is 18.2 Å². The van der Waals surface area contributed by atoms with Crippen molar-refractivity contribution in [2.24, 2.45) is 0 Å². The molecule has 5 heteroatoms. The van der Waals surface area contributed by atoms with Crippen molar-refractivity contribution < 1.29 is 0 Å². The van der Waals surface area contributed by atoms with Crippen molar-refractivity contribution in [3.63, 3.8) is 0 Å². The van der Waals surface area contributed by atoms with E-state index in [0.717, 1.165) is 0 Å². The minimum atomic E-state index is -0.351. The Morgan fingerprint density at radius 2 is 1.80 bits per heavy atom. The maximum absolute atomic E-state index is 11.5. The van der Waals surface area contributed by atoms with Gasteiger partial charge in [0.2, 0.25) is 0 Å². The number of halogens is 2. The van der Waals surface area contributed by atoms with Gasteiger partial charge in [0.15, 0.2) is 5.15 Å². The lowest BCUT2D eigenvalue weighted by Crippen LogP contribution is -2.11. The first-order valence-corrected chi connectivity index (χ1v) is 4.95. The van der Waals surface area contributed by atoms with Crippen molar-refractivity contribution in [1.82, 2.24) is 10.2 Å². The van der Waals surface area contributed by atoms with Crippen LogP contribution in [0.4, 0.5) is 0 Å². The van der Waals surface area contributed by atoms with Crippen LogP contribution in [0.2, 0.25) is 10.2 Å². The van der Waals surface area contributed by atoms with Gasteiger partial charge in [-0.3, -0.25) is 4.79 Å². The zero-order valence-electron chi connectivity index (χ0n) is 7.50. The first-order valence-electron chi connectivity index (χ1n) is 4.19. The molecular weight excluding hydrogens is 235 g/mol. The number of hydrogen-bond donors (Lipinski definition) is 1. The SMILES string of the molecule is O=c1[nH]nc(Cl)c(Cl)c1-c1ccccc1. The number of nitrogens with zero attached hydrogens (tertiary/aromatic N) is 1. The summed E-state index contributed by atoms with van der Waals surface area (Å²) in [4.78, 5) is 11.5. The van der Waals surface area contributed by atoms with E-state index in [0.29, 0.717) is 11.1 Å². The number of hydrogen-bond acceptors (Lipinski definition) is 2. The van der Waals surface area contributed by atoms with Crippen molar-refractivity contribution in [2.75, 3.05) is 0 Å². The van der Waals surface area contributed by atoms with E-state index in [1.165, 1.54) is 0 Å². The number of aromatic amines is 1. The van der Waals surface area contributed by atoms with Crippen LogP contribution >= 0.6 is 23.2 Å². The van der Waals surface area contributed by atoms with E-state index in [9.17, 15) is 4.79 Å². The van der Waals surface area contributed by atoms with Gasteiger partial charge >= 0.3 is 0 Å². The van der Waals surface area contributed by atoms with Gasteiger partial charge in [-0.2, -0.15) is 5.10 Å². The lowest BCUT2D eigenvalue weighted by Gasteiger charge is -2.03. The van der Waals surface area contributed by atoms with Crippen molar-refractivity contribution in [1.29, 1.82) is 0 Å². The van der Waals surface area contributed by atoms with Gasteiger partial charge < -0.3 is 0 Å². The summed E-state index contributed by atoms with van der Waals surface area (Å²) in [5.41, 5.74) is 0.709. The Labute approximate surface area is 95.7 Å². The highest BCUT2D eigenvalue weighted by molar-refractivity contribution is 6.42. The molecule has 3 nitrogen and oxygen atoms in total. The van der Waals surface area contributed by atoms with Crippen LogP contribution in [0.1, 0.15) is 0 Å². The molecule has 0 unspecified atom stereocenters. The molecule has 0 atom stereocenters. The standard InChI is InChI=1S/C10H6Cl2N2O/c11-8-7(6-4-2-1-3-5-6)10(15)14-13-9(8)12/h1-5H,(H,14,15). The molecular formula is C10H6Cl2N2O. The maximum atomic E-state index is 11.5. The molecule has 1 heterocycles. The van der Waals surface area contributed by atoms with Crippen molar-refractivity contribution in [2.45, 2.75) is 0 Å². The second-order valence-electron chi connectivity index (χ2n) is 2.90. The van der Waals surface area contributed by atoms with Gasteiger partial charge in [0.25, 0.3) is 5.56 Å². The van der Waals surface area contributed by atoms with Gasteiger partial charge in [-0.05, 0) is 5.56 Å². The van der Waals surface area contributed by atoms with Gasteiger partial charge in [0.1, 0.15) is 0 Å². The molecule has 0 aliphatic heterocycles. The minimum Gasteiger partial charge on any atom is -0.267 e. The molecule has 2 rings (SSSR count). The highest BCUT2D eigenvalue weighted by Crippen LogP contribution is 2.28. The molecule has 1 aromatic carbocycles. The normalized spacial score (nSPS) is 10.3. The molecule has 0 aliphatic carbocycles. The summed E-state index contributed by atoms with van der Waals surface area (Å²) >= 11 is 11.6. The summed E-state index contributed by atoms with van der Waals surface area (Å²) in [5, 5.41) is 6.11. The van der Waals surface area contributed by atoms with Crippen LogP contribution in [0.15, 0.2) is 35.1 Å². The molecule has 0 radical (unpaired) electrons. The van der Waals surface area contributed by atoms with E-state index in [1.54, 1.807) is 12.1 Å². The fourth-order valence-corrected chi connectivity index (χ4v) is 1.64. The zero-order valence-corrected chi connectivity index (χ0v) is 9.01. The lowest BCUT2D eigenvalue weighted by molar-refractivity contribution is 0.992. The second kappa shape index (κ2) is 4.04. The molecule has 0 amide bonds. The Hall–Kier alpha value is -1.32. The minimum absolute atomic E-state index is 0.0927. The van der Waals surface area contributed by atoms with Gasteiger partial charge in [-0.25, -0.2) is 5.10 Å². The average molecular weight is 241 g/mol. The topological polar surface area (TPSA) is 45.8 Å². The van der Waals surface area contributed by atoms with E-state index >= 15 is 0 Å². The quantitative estimate of drug-likeness (QED) is 0.834. The smallest absolute Gasteiger partial charge is 0.267 e. The molecule has 0 fully saturated rings. The summed E-state index contributed by atoms with van der Waals surface area (Å²) in [7, 11) is 0. The van der Waals surface area contributed by atoms with Crippen LogP contribution in [0.5, 0.6) is 0 Å². The van der Waals surface area contributed by atoms with E-state index in [4.69, 9.17) is 23.2 Å². The second-order valence-corrected chi connectivity index (χ2v) is 3.63. The van der Waals surface area contributed by atoms with Crippen LogP contribution in [0.3, 0.4) is 0 Å². The molecule has 0 saturated heterocycles. The highest BCUT2D eigenvalue weighted by Gasteiger charge is 2.12. The first-order chi connectivity index (χ1) is 7.20. The predicted octanol–water partition coefficient (Wildman–Crippen LogP) is 2.74. The molecule has 0 spiro atoms. The highest BCUT2D eigenvalue weighted by atomic mass is 35.5. The van der Waals surface area contributed by atoms with Crippen LogP contribution < -0.4 is 5.56 Å². The van der Waals surface area contributed by atoms with Crippen LogP contribution in [0.25, 0.3) is 11.1 Å². The summed E-state index contributed by atoms with van der Waals surface area (Å²) in [6.45, 7) is 0. The van der Waals surface area contributed by atoms with Crippen molar-refractivity contribution in [3.05, 3.63) is 50.9 Å². The number of H-pyrrole nitrogens is 1.